The fourth-order valence-corrected chi connectivity index (χ4v) is 3.84. The molecule has 0 saturated carbocycles. The molecule has 0 spiro atoms. The molecule has 0 aliphatic heterocycles. The zero-order valence-corrected chi connectivity index (χ0v) is 21.1. The summed E-state index contributed by atoms with van der Waals surface area (Å²) < 4.78 is 0. The average Bonchev–Trinajstić information content (AvgIpc) is 2.76. The third kappa shape index (κ3) is 19.9. The number of rotatable bonds is 25. The van der Waals surface area contributed by atoms with Crippen LogP contribution in [0.2, 0.25) is 0 Å². The van der Waals surface area contributed by atoms with Crippen molar-refractivity contribution in [3.05, 3.63) is 0 Å². The van der Waals surface area contributed by atoms with Gasteiger partial charge in [0.1, 0.15) is 0 Å². The Morgan fingerprint density at radius 2 is 1.19 bits per heavy atom. The van der Waals surface area contributed by atoms with Gasteiger partial charge >= 0.3 is 0 Å². The number of nitrogens with one attached hydrogen (secondary N) is 3. The van der Waals surface area contributed by atoms with Crippen molar-refractivity contribution < 1.29 is 19.8 Å². The van der Waals surface area contributed by atoms with Crippen molar-refractivity contribution in [3.8, 4) is 0 Å². The summed E-state index contributed by atoms with van der Waals surface area (Å²) in [5.41, 5.74) is 2.13. The van der Waals surface area contributed by atoms with Gasteiger partial charge in [0, 0.05) is 12.6 Å². The predicted molar refractivity (Wildman–Crippen MR) is 132 cm³/mol. The molecular formula is C25H53N3O4. The van der Waals surface area contributed by atoms with Gasteiger partial charge in [-0.25, -0.2) is 5.48 Å². The lowest BCUT2D eigenvalue weighted by atomic mass is 10.0. The van der Waals surface area contributed by atoms with Crippen LogP contribution in [0.15, 0.2) is 0 Å². The molecule has 0 bridgehead atoms. The molecule has 4 unspecified atom stereocenters. The summed E-state index contributed by atoms with van der Waals surface area (Å²) in [5.74, 6) is 0. The highest BCUT2D eigenvalue weighted by Gasteiger charge is 2.19. The predicted octanol–water partition coefficient (Wildman–Crippen LogP) is 3.82. The molecule has 0 radical (unpaired) electrons. The minimum atomic E-state index is -0.635. The Morgan fingerprint density at radius 1 is 0.719 bits per heavy atom. The van der Waals surface area contributed by atoms with Crippen LogP contribution in [-0.2, 0) is 9.63 Å². The van der Waals surface area contributed by atoms with Crippen molar-refractivity contribution >= 4 is 6.41 Å². The second-order valence-electron chi connectivity index (χ2n) is 9.20. The number of carbonyl (C=O) groups excluding carboxylic acids is 1. The van der Waals surface area contributed by atoms with E-state index in [4.69, 9.17) is 4.84 Å². The van der Waals surface area contributed by atoms with Crippen molar-refractivity contribution in [2.45, 2.75) is 135 Å². The minimum absolute atomic E-state index is 0.0998. The summed E-state index contributed by atoms with van der Waals surface area (Å²) >= 11 is 0. The van der Waals surface area contributed by atoms with Crippen molar-refractivity contribution in [2.24, 2.45) is 0 Å². The van der Waals surface area contributed by atoms with E-state index in [2.05, 4.69) is 23.0 Å². The summed E-state index contributed by atoms with van der Waals surface area (Å²) in [7, 11) is 0. The summed E-state index contributed by atoms with van der Waals surface area (Å²) in [6.07, 6.45) is 18.1. The van der Waals surface area contributed by atoms with Gasteiger partial charge < -0.3 is 20.8 Å². The first-order valence-electron chi connectivity index (χ1n) is 13.2. The molecule has 4 atom stereocenters. The van der Waals surface area contributed by atoms with Gasteiger partial charge in [0.15, 0.2) is 0 Å². The molecule has 0 saturated heterocycles. The summed E-state index contributed by atoms with van der Waals surface area (Å²) in [6.45, 7) is 7.25. The van der Waals surface area contributed by atoms with E-state index in [1.807, 2.05) is 0 Å². The van der Waals surface area contributed by atoms with Gasteiger partial charge in [-0.3, -0.25) is 9.63 Å². The SMILES string of the molecule is CCCCCCCCCCCCCCCCNC(CNC(CONC=O)C(C)O)C(C)O. The first kappa shape index (κ1) is 31.3. The van der Waals surface area contributed by atoms with E-state index in [0.29, 0.717) is 13.0 Å². The van der Waals surface area contributed by atoms with Crippen LogP contribution in [-0.4, -0.2) is 60.6 Å². The first-order chi connectivity index (χ1) is 15.5. The lowest BCUT2D eigenvalue weighted by molar-refractivity contribution is -0.122. The largest absolute Gasteiger partial charge is 0.392 e. The third-order valence-corrected chi connectivity index (χ3v) is 6.10. The van der Waals surface area contributed by atoms with Gasteiger partial charge in [-0.1, -0.05) is 90.4 Å². The number of aliphatic hydroxyl groups excluding tert-OH is 2. The molecule has 0 rings (SSSR count). The Hall–Kier alpha value is -0.730. The van der Waals surface area contributed by atoms with E-state index in [9.17, 15) is 15.0 Å². The molecule has 7 heteroatoms. The number of hydroxylamine groups is 1. The number of aliphatic hydroxyl groups is 2. The molecule has 0 fully saturated rings. The number of amides is 1. The van der Waals surface area contributed by atoms with Gasteiger partial charge in [0.2, 0.25) is 6.41 Å². The van der Waals surface area contributed by atoms with Crippen LogP contribution in [0, 0.1) is 0 Å². The second-order valence-corrected chi connectivity index (χ2v) is 9.20. The molecule has 5 N–H and O–H groups in total. The maximum Gasteiger partial charge on any atom is 0.230 e. The molecule has 0 heterocycles. The molecule has 7 nitrogen and oxygen atoms in total. The molecule has 0 aliphatic rings. The number of carbonyl (C=O) groups is 1. The van der Waals surface area contributed by atoms with E-state index in [0.717, 1.165) is 13.0 Å². The number of unbranched alkanes of at least 4 members (excludes halogenated alkanes) is 13. The topological polar surface area (TPSA) is 103 Å². The van der Waals surface area contributed by atoms with E-state index < -0.39 is 12.2 Å². The van der Waals surface area contributed by atoms with Crippen LogP contribution in [0.3, 0.4) is 0 Å². The standard InChI is InChI=1S/C25H53N3O4/c1-4-5-6-7-8-9-10-11-12-13-14-15-16-17-18-26-24(22(2)30)19-27-25(23(3)31)20-32-28-21-29/h21-27,30-31H,4-20H2,1-3H3,(H,28,29). The lowest BCUT2D eigenvalue weighted by Crippen LogP contribution is -2.52. The highest BCUT2D eigenvalue weighted by Crippen LogP contribution is 2.12. The van der Waals surface area contributed by atoms with Crippen LogP contribution in [0.25, 0.3) is 0 Å². The second kappa shape index (κ2) is 23.4. The Bertz CT molecular complexity index is 397. The molecule has 0 aromatic rings. The van der Waals surface area contributed by atoms with Crippen LogP contribution >= 0.6 is 0 Å². The summed E-state index contributed by atoms with van der Waals surface area (Å²) in [6, 6.07) is -0.427. The maximum atomic E-state index is 10.3. The van der Waals surface area contributed by atoms with E-state index in [1.165, 1.54) is 83.5 Å². The molecule has 192 valence electrons. The smallest absolute Gasteiger partial charge is 0.230 e. The van der Waals surface area contributed by atoms with Gasteiger partial charge in [-0.2, -0.15) is 0 Å². The molecule has 0 aromatic heterocycles. The normalized spacial score (nSPS) is 15.3. The summed E-state index contributed by atoms with van der Waals surface area (Å²) in [4.78, 5) is 15.2. The monoisotopic (exact) mass is 459 g/mol. The quantitative estimate of drug-likeness (QED) is 0.0808. The van der Waals surface area contributed by atoms with Crippen molar-refractivity contribution in [2.75, 3.05) is 19.7 Å². The van der Waals surface area contributed by atoms with E-state index >= 15 is 0 Å². The molecule has 0 aliphatic carbocycles. The zero-order chi connectivity index (χ0) is 23.9. The van der Waals surface area contributed by atoms with Crippen LogP contribution in [0.1, 0.15) is 111 Å². The molecule has 1 amide bonds. The zero-order valence-electron chi connectivity index (χ0n) is 21.1. The van der Waals surface area contributed by atoms with Crippen LogP contribution < -0.4 is 16.1 Å². The highest BCUT2D eigenvalue weighted by atomic mass is 16.6. The van der Waals surface area contributed by atoms with Crippen molar-refractivity contribution in [1.82, 2.24) is 16.1 Å². The van der Waals surface area contributed by atoms with Gasteiger partial charge in [0.05, 0.1) is 24.9 Å². The third-order valence-electron chi connectivity index (χ3n) is 6.10. The fraction of sp³-hybridized carbons (Fsp3) is 0.960. The average molecular weight is 460 g/mol. The Kier molecular flexibility index (Phi) is 22.9. The Morgan fingerprint density at radius 3 is 1.62 bits per heavy atom. The minimum Gasteiger partial charge on any atom is -0.392 e. The fourth-order valence-electron chi connectivity index (χ4n) is 3.84. The molecular weight excluding hydrogens is 406 g/mol. The Labute approximate surface area is 197 Å². The Balaban J connectivity index is 3.67. The van der Waals surface area contributed by atoms with Crippen molar-refractivity contribution in [1.29, 1.82) is 0 Å². The lowest BCUT2D eigenvalue weighted by Gasteiger charge is -2.27. The van der Waals surface area contributed by atoms with Gasteiger partial charge in [-0.15, -0.1) is 0 Å². The van der Waals surface area contributed by atoms with Gasteiger partial charge in [0.25, 0.3) is 0 Å². The highest BCUT2D eigenvalue weighted by molar-refractivity contribution is 5.43. The molecule has 32 heavy (non-hydrogen) atoms. The number of hydrogen-bond donors (Lipinski definition) is 5. The first-order valence-corrected chi connectivity index (χ1v) is 13.2. The van der Waals surface area contributed by atoms with E-state index in [-0.39, 0.29) is 18.7 Å². The maximum absolute atomic E-state index is 10.3. The van der Waals surface area contributed by atoms with Crippen LogP contribution in [0.4, 0.5) is 0 Å². The van der Waals surface area contributed by atoms with E-state index in [1.54, 1.807) is 13.8 Å². The number of hydrogen-bond acceptors (Lipinski definition) is 6. The van der Waals surface area contributed by atoms with Gasteiger partial charge in [-0.05, 0) is 26.8 Å². The van der Waals surface area contributed by atoms with Crippen molar-refractivity contribution in [3.63, 3.8) is 0 Å². The van der Waals surface area contributed by atoms with Crippen LogP contribution in [0.5, 0.6) is 0 Å². The summed E-state index contributed by atoms with van der Waals surface area (Å²) in [5, 5.41) is 26.5. The molecule has 0 aromatic carbocycles.